The lowest BCUT2D eigenvalue weighted by atomic mass is 10.2. The predicted molar refractivity (Wildman–Crippen MR) is 118 cm³/mol. The van der Waals surface area contributed by atoms with E-state index in [1.807, 2.05) is 0 Å². The molecule has 3 aromatic rings. The zero-order valence-corrected chi connectivity index (χ0v) is 17.2. The number of nitrogens with zero attached hydrogens (tertiary/aromatic N) is 6. The molecular formula is C23H28N6. The number of hydrogen-bond donors (Lipinski definition) is 0. The molecule has 0 unspecified atom stereocenters. The van der Waals surface area contributed by atoms with Gasteiger partial charge in [0.1, 0.15) is 0 Å². The van der Waals surface area contributed by atoms with Gasteiger partial charge in [0.25, 0.3) is 0 Å². The van der Waals surface area contributed by atoms with Gasteiger partial charge in [-0.3, -0.25) is 4.90 Å². The summed E-state index contributed by atoms with van der Waals surface area (Å²) >= 11 is 0. The van der Waals surface area contributed by atoms with E-state index in [0.717, 1.165) is 50.8 Å². The molecule has 1 saturated heterocycles. The number of hydrogen-bond acceptors (Lipinski definition) is 6. The molecule has 0 N–H and O–H groups in total. The lowest BCUT2D eigenvalue weighted by molar-refractivity contribution is 0.248. The van der Waals surface area contributed by atoms with Crippen molar-refractivity contribution in [3.63, 3.8) is 0 Å². The van der Waals surface area contributed by atoms with Crippen molar-refractivity contribution < 1.29 is 0 Å². The Morgan fingerprint density at radius 1 is 0.966 bits per heavy atom. The molecule has 29 heavy (non-hydrogen) atoms. The Morgan fingerprint density at radius 2 is 1.76 bits per heavy atom. The first-order valence-corrected chi connectivity index (χ1v) is 10.3. The zero-order valence-electron chi connectivity index (χ0n) is 17.2. The normalized spacial score (nSPS) is 14.8. The highest BCUT2D eigenvalue weighted by Gasteiger charge is 2.20. The molecule has 6 heteroatoms. The molecule has 1 aliphatic heterocycles. The molecule has 1 aliphatic rings. The van der Waals surface area contributed by atoms with Gasteiger partial charge < -0.3 is 9.80 Å². The van der Waals surface area contributed by atoms with Crippen LogP contribution in [0.2, 0.25) is 0 Å². The van der Waals surface area contributed by atoms with Gasteiger partial charge in [-0.1, -0.05) is 42.5 Å². The van der Waals surface area contributed by atoms with E-state index < -0.39 is 0 Å². The highest BCUT2D eigenvalue weighted by atomic mass is 15.4. The Labute approximate surface area is 172 Å². The monoisotopic (exact) mass is 388 g/mol. The van der Waals surface area contributed by atoms with Crippen molar-refractivity contribution in [3.05, 3.63) is 71.9 Å². The predicted octanol–water partition coefficient (Wildman–Crippen LogP) is 3.66. The minimum Gasteiger partial charge on any atom is -0.337 e. The number of benzene rings is 2. The van der Waals surface area contributed by atoms with Crippen LogP contribution in [0.1, 0.15) is 18.1 Å². The van der Waals surface area contributed by atoms with Crippen LogP contribution in [0.5, 0.6) is 0 Å². The van der Waals surface area contributed by atoms with Gasteiger partial charge in [-0.15, -0.1) is 5.10 Å². The summed E-state index contributed by atoms with van der Waals surface area (Å²) < 4.78 is 0. The summed E-state index contributed by atoms with van der Waals surface area (Å²) in [5, 5.41) is 8.57. The summed E-state index contributed by atoms with van der Waals surface area (Å²) in [5.41, 5.74) is 3.72. The van der Waals surface area contributed by atoms with Crippen LogP contribution in [0.25, 0.3) is 0 Å². The summed E-state index contributed by atoms with van der Waals surface area (Å²) in [6, 6.07) is 19.1. The van der Waals surface area contributed by atoms with Gasteiger partial charge in [0.2, 0.25) is 5.95 Å². The van der Waals surface area contributed by atoms with E-state index in [1.165, 1.54) is 11.1 Å². The van der Waals surface area contributed by atoms with Crippen LogP contribution in [0.4, 0.5) is 17.5 Å². The maximum atomic E-state index is 4.84. The fourth-order valence-corrected chi connectivity index (χ4v) is 3.77. The number of anilines is 3. The molecule has 2 heterocycles. The number of rotatable bonds is 6. The van der Waals surface area contributed by atoms with Crippen molar-refractivity contribution in [3.8, 4) is 0 Å². The Bertz CT molecular complexity index is 921. The fraction of sp³-hybridized carbons (Fsp3) is 0.348. The Kier molecular flexibility index (Phi) is 6.00. The molecule has 0 bridgehead atoms. The van der Waals surface area contributed by atoms with Crippen LogP contribution in [-0.2, 0) is 6.54 Å². The lowest BCUT2D eigenvalue weighted by Crippen LogP contribution is -2.46. The van der Waals surface area contributed by atoms with Crippen LogP contribution < -0.4 is 9.80 Å². The van der Waals surface area contributed by atoms with Crippen LogP contribution in [0, 0.1) is 6.92 Å². The minimum atomic E-state index is 0.716. The second-order valence-electron chi connectivity index (χ2n) is 7.45. The zero-order chi connectivity index (χ0) is 20.1. The van der Waals surface area contributed by atoms with Crippen molar-refractivity contribution in [1.82, 2.24) is 20.1 Å². The first-order valence-electron chi connectivity index (χ1n) is 10.3. The molecule has 0 atom stereocenters. The van der Waals surface area contributed by atoms with Crippen molar-refractivity contribution >= 4 is 17.5 Å². The van der Waals surface area contributed by atoms with E-state index in [0.29, 0.717) is 5.95 Å². The van der Waals surface area contributed by atoms with Gasteiger partial charge in [-0.05, 0) is 37.1 Å². The molecule has 0 aliphatic carbocycles. The van der Waals surface area contributed by atoms with Gasteiger partial charge >= 0.3 is 0 Å². The van der Waals surface area contributed by atoms with Crippen molar-refractivity contribution in [1.29, 1.82) is 0 Å². The number of piperazine rings is 1. The number of aryl methyl sites for hydroxylation is 1. The molecule has 0 amide bonds. The van der Waals surface area contributed by atoms with Gasteiger partial charge in [-0.25, -0.2) is 0 Å². The maximum Gasteiger partial charge on any atom is 0.247 e. The average Bonchev–Trinajstić information content (AvgIpc) is 2.76. The molecule has 6 nitrogen and oxygen atoms in total. The molecule has 4 rings (SSSR count). The van der Waals surface area contributed by atoms with E-state index in [-0.39, 0.29) is 0 Å². The van der Waals surface area contributed by atoms with Crippen molar-refractivity contribution in [2.45, 2.75) is 20.4 Å². The average molecular weight is 389 g/mol. The Hall–Kier alpha value is -2.99. The van der Waals surface area contributed by atoms with Crippen LogP contribution in [0.3, 0.4) is 0 Å². The van der Waals surface area contributed by atoms with Gasteiger partial charge in [0, 0.05) is 45.0 Å². The highest BCUT2D eigenvalue weighted by molar-refractivity contribution is 5.60. The van der Waals surface area contributed by atoms with E-state index in [9.17, 15) is 0 Å². The van der Waals surface area contributed by atoms with Crippen LogP contribution in [-0.4, -0.2) is 52.8 Å². The quantitative estimate of drug-likeness (QED) is 0.642. The van der Waals surface area contributed by atoms with Crippen LogP contribution >= 0.6 is 0 Å². The van der Waals surface area contributed by atoms with Gasteiger partial charge in [0.15, 0.2) is 5.82 Å². The molecular weight excluding hydrogens is 360 g/mol. The summed E-state index contributed by atoms with van der Waals surface area (Å²) in [6.07, 6.45) is 1.75. The van der Waals surface area contributed by atoms with Gasteiger partial charge in [-0.2, -0.15) is 10.1 Å². The fourth-order valence-electron chi connectivity index (χ4n) is 3.77. The van der Waals surface area contributed by atoms with Gasteiger partial charge in [0.05, 0.1) is 6.20 Å². The molecule has 2 aromatic carbocycles. The Balaban J connectivity index is 1.44. The highest BCUT2D eigenvalue weighted by Crippen LogP contribution is 2.25. The SMILES string of the molecule is CCN(c1cccc(C)c1)c1cnnc(N2CCN(Cc3ccccc3)CC2)n1. The van der Waals surface area contributed by atoms with Crippen molar-refractivity contribution in [2.75, 3.05) is 42.5 Å². The second-order valence-corrected chi connectivity index (χ2v) is 7.45. The first-order chi connectivity index (χ1) is 14.2. The molecule has 150 valence electrons. The molecule has 0 radical (unpaired) electrons. The summed E-state index contributed by atoms with van der Waals surface area (Å²) in [6.45, 7) is 9.87. The largest absolute Gasteiger partial charge is 0.337 e. The van der Waals surface area contributed by atoms with E-state index >= 15 is 0 Å². The molecule has 0 spiro atoms. The summed E-state index contributed by atoms with van der Waals surface area (Å²) in [5.74, 6) is 1.56. The van der Waals surface area contributed by atoms with E-state index in [1.54, 1.807) is 6.20 Å². The lowest BCUT2D eigenvalue weighted by Gasteiger charge is -2.34. The maximum absolute atomic E-state index is 4.84. The summed E-state index contributed by atoms with van der Waals surface area (Å²) in [7, 11) is 0. The third-order valence-electron chi connectivity index (χ3n) is 5.35. The summed E-state index contributed by atoms with van der Waals surface area (Å²) in [4.78, 5) is 11.7. The standard InChI is InChI=1S/C23H28N6/c1-3-29(21-11-7-8-19(2)16-21)22-17-24-26-23(25-22)28-14-12-27(13-15-28)18-20-9-5-4-6-10-20/h4-11,16-17H,3,12-15,18H2,1-2H3. The van der Waals surface area contributed by atoms with E-state index in [2.05, 4.69) is 93.3 Å². The second kappa shape index (κ2) is 9.01. The third kappa shape index (κ3) is 4.71. The minimum absolute atomic E-state index is 0.716. The third-order valence-corrected chi connectivity index (χ3v) is 5.35. The molecule has 1 aromatic heterocycles. The van der Waals surface area contributed by atoms with Crippen LogP contribution in [0.15, 0.2) is 60.8 Å². The molecule has 0 saturated carbocycles. The number of aromatic nitrogens is 3. The first kappa shape index (κ1) is 19.3. The topological polar surface area (TPSA) is 48.4 Å². The van der Waals surface area contributed by atoms with E-state index in [4.69, 9.17) is 4.98 Å². The van der Waals surface area contributed by atoms with Crippen molar-refractivity contribution in [2.24, 2.45) is 0 Å². The Morgan fingerprint density at radius 3 is 2.48 bits per heavy atom. The smallest absolute Gasteiger partial charge is 0.247 e. The molecule has 1 fully saturated rings.